The maximum absolute atomic E-state index is 6.03. The number of ether oxygens (including phenoxy) is 1. The summed E-state index contributed by atoms with van der Waals surface area (Å²) >= 11 is 0. The minimum Gasteiger partial charge on any atom is -0.492 e. The Labute approximate surface area is 122 Å². The molecule has 1 aromatic carbocycles. The van der Waals surface area contributed by atoms with Gasteiger partial charge in [0.1, 0.15) is 11.4 Å². The predicted molar refractivity (Wildman–Crippen MR) is 83.0 cm³/mol. The van der Waals surface area contributed by atoms with Crippen LogP contribution in [0.4, 0.5) is 5.82 Å². The summed E-state index contributed by atoms with van der Waals surface area (Å²) in [5.74, 6) is 1.10. The maximum atomic E-state index is 6.03. The van der Waals surface area contributed by atoms with Crippen LogP contribution in [0.3, 0.4) is 0 Å². The van der Waals surface area contributed by atoms with Gasteiger partial charge in [-0.15, -0.1) is 0 Å². The third-order valence-corrected chi connectivity index (χ3v) is 3.06. The molecule has 2 N–H and O–H groups in total. The lowest BCUT2D eigenvalue weighted by Gasteiger charge is -2.08. The molecule has 2 aromatic heterocycles. The molecule has 0 aliphatic rings. The highest BCUT2D eigenvalue weighted by atomic mass is 16.5. The van der Waals surface area contributed by atoms with E-state index in [0.717, 1.165) is 23.0 Å². The number of nitrogens with zero attached hydrogens (tertiary/aromatic N) is 3. The lowest BCUT2D eigenvalue weighted by atomic mass is 10.2. The number of rotatable bonds is 4. The maximum Gasteiger partial charge on any atom is 0.150 e. The largest absolute Gasteiger partial charge is 0.492 e. The van der Waals surface area contributed by atoms with Crippen molar-refractivity contribution in [2.75, 3.05) is 12.3 Å². The van der Waals surface area contributed by atoms with Crippen LogP contribution in [0.15, 0.2) is 42.7 Å². The Kier molecular flexibility index (Phi) is 3.64. The first-order valence-corrected chi connectivity index (χ1v) is 6.88. The second kappa shape index (κ2) is 5.75. The highest BCUT2D eigenvalue weighted by molar-refractivity contribution is 5.82. The molecule has 21 heavy (non-hydrogen) atoms. The quantitative estimate of drug-likeness (QED) is 0.795. The molecule has 0 aliphatic heterocycles. The molecule has 3 aromatic rings. The third-order valence-electron chi connectivity index (χ3n) is 3.06. The van der Waals surface area contributed by atoms with Crippen LogP contribution < -0.4 is 10.5 Å². The fourth-order valence-corrected chi connectivity index (χ4v) is 2.07. The standard InChI is InChI=1S/C16H16N4O/c1-2-7-21-12-8-11(9-18-10-12)15-16(17)20-14-6-4-3-5-13(14)19-15/h3-6,8-10H,2,7H2,1H3,(H2,17,20). The SMILES string of the molecule is CCCOc1cncc(-c2nc3ccccc3nc2N)c1. The molecule has 106 valence electrons. The molecule has 5 heteroatoms. The number of nitrogen functional groups attached to an aromatic ring is 1. The third kappa shape index (κ3) is 2.76. The number of hydrogen-bond acceptors (Lipinski definition) is 5. The van der Waals surface area contributed by atoms with E-state index in [4.69, 9.17) is 10.5 Å². The number of aromatic nitrogens is 3. The van der Waals surface area contributed by atoms with Gasteiger partial charge in [0.15, 0.2) is 5.82 Å². The number of para-hydroxylation sites is 2. The summed E-state index contributed by atoms with van der Waals surface area (Å²) in [6.07, 6.45) is 4.35. The van der Waals surface area contributed by atoms with Crippen molar-refractivity contribution in [3.05, 3.63) is 42.7 Å². The average Bonchev–Trinajstić information content (AvgIpc) is 2.52. The summed E-state index contributed by atoms with van der Waals surface area (Å²) in [5, 5.41) is 0. The number of hydrogen-bond donors (Lipinski definition) is 1. The summed E-state index contributed by atoms with van der Waals surface area (Å²) in [5.41, 5.74) is 9.05. The molecule has 0 aliphatic carbocycles. The van der Waals surface area contributed by atoms with Crippen LogP contribution in [0.1, 0.15) is 13.3 Å². The van der Waals surface area contributed by atoms with E-state index >= 15 is 0 Å². The molecular formula is C16H16N4O. The van der Waals surface area contributed by atoms with E-state index in [9.17, 15) is 0 Å². The van der Waals surface area contributed by atoms with E-state index in [-0.39, 0.29) is 0 Å². The van der Waals surface area contributed by atoms with E-state index in [0.29, 0.717) is 23.9 Å². The second-order valence-electron chi connectivity index (χ2n) is 4.70. The van der Waals surface area contributed by atoms with Gasteiger partial charge in [0, 0.05) is 11.8 Å². The lowest BCUT2D eigenvalue weighted by Crippen LogP contribution is -2.00. The lowest BCUT2D eigenvalue weighted by molar-refractivity contribution is 0.316. The minimum absolute atomic E-state index is 0.392. The zero-order valence-electron chi connectivity index (χ0n) is 11.8. The van der Waals surface area contributed by atoms with E-state index in [1.54, 1.807) is 12.4 Å². The summed E-state index contributed by atoms with van der Waals surface area (Å²) < 4.78 is 5.59. The molecule has 0 atom stereocenters. The topological polar surface area (TPSA) is 73.9 Å². The fourth-order valence-electron chi connectivity index (χ4n) is 2.07. The van der Waals surface area contributed by atoms with Crippen LogP contribution in [-0.2, 0) is 0 Å². The number of fused-ring (bicyclic) bond motifs is 1. The van der Waals surface area contributed by atoms with Crippen LogP contribution in [-0.4, -0.2) is 21.6 Å². The minimum atomic E-state index is 0.392. The van der Waals surface area contributed by atoms with Crippen LogP contribution in [0.2, 0.25) is 0 Å². The van der Waals surface area contributed by atoms with Gasteiger partial charge in [-0.1, -0.05) is 19.1 Å². The van der Waals surface area contributed by atoms with Crippen molar-refractivity contribution in [3.63, 3.8) is 0 Å². The van der Waals surface area contributed by atoms with Gasteiger partial charge < -0.3 is 10.5 Å². The summed E-state index contributed by atoms with van der Waals surface area (Å²) in [6, 6.07) is 9.53. The Hall–Kier alpha value is -2.69. The van der Waals surface area contributed by atoms with Crippen LogP contribution in [0.5, 0.6) is 5.75 Å². The van der Waals surface area contributed by atoms with Gasteiger partial charge >= 0.3 is 0 Å². The normalized spacial score (nSPS) is 10.7. The molecule has 0 fully saturated rings. The average molecular weight is 280 g/mol. The molecule has 0 radical (unpaired) electrons. The molecule has 0 bridgehead atoms. The van der Waals surface area contributed by atoms with Crippen LogP contribution in [0, 0.1) is 0 Å². The molecule has 0 amide bonds. The first-order chi connectivity index (χ1) is 10.3. The Bertz CT molecular complexity index is 773. The highest BCUT2D eigenvalue weighted by Crippen LogP contribution is 2.26. The Morgan fingerprint density at radius 1 is 1.10 bits per heavy atom. The second-order valence-corrected chi connectivity index (χ2v) is 4.70. The molecule has 0 saturated heterocycles. The number of nitrogens with two attached hydrogens (primary N) is 1. The smallest absolute Gasteiger partial charge is 0.150 e. The van der Waals surface area contributed by atoms with Crippen molar-refractivity contribution < 1.29 is 4.74 Å². The van der Waals surface area contributed by atoms with Gasteiger partial charge in [-0.05, 0) is 24.6 Å². The molecule has 0 saturated carbocycles. The van der Waals surface area contributed by atoms with E-state index in [1.807, 2.05) is 30.3 Å². The van der Waals surface area contributed by atoms with Crippen molar-refractivity contribution >= 4 is 16.9 Å². The van der Waals surface area contributed by atoms with E-state index in [2.05, 4.69) is 21.9 Å². The van der Waals surface area contributed by atoms with Gasteiger partial charge in [0.25, 0.3) is 0 Å². The number of benzene rings is 1. The molecule has 0 spiro atoms. The molecular weight excluding hydrogens is 264 g/mol. The zero-order valence-corrected chi connectivity index (χ0v) is 11.8. The van der Waals surface area contributed by atoms with E-state index < -0.39 is 0 Å². The number of pyridine rings is 1. The highest BCUT2D eigenvalue weighted by Gasteiger charge is 2.09. The number of anilines is 1. The Morgan fingerprint density at radius 2 is 1.86 bits per heavy atom. The van der Waals surface area contributed by atoms with Gasteiger partial charge in [-0.2, -0.15) is 0 Å². The summed E-state index contributed by atoms with van der Waals surface area (Å²) in [6.45, 7) is 2.72. The van der Waals surface area contributed by atoms with E-state index in [1.165, 1.54) is 0 Å². The van der Waals surface area contributed by atoms with Crippen molar-refractivity contribution in [1.29, 1.82) is 0 Å². The summed E-state index contributed by atoms with van der Waals surface area (Å²) in [4.78, 5) is 13.2. The van der Waals surface area contributed by atoms with Gasteiger partial charge in [-0.3, -0.25) is 4.98 Å². The first-order valence-electron chi connectivity index (χ1n) is 6.88. The summed E-state index contributed by atoms with van der Waals surface area (Å²) in [7, 11) is 0. The Balaban J connectivity index is 2.05. The monoisotopic (exact) mass is 280 g/mol. The van der Waals surface area contributed by atoms with Crippen molar-refractivity contribution in [2.24, 2.45) is 0 Å². The van der Waals surface area contributed by atoms with Crippen LogP contribution >= 0.6 is 0 Å². The van der Waals surface area contributed by atoms with Gasteiger partial charge in [-0.25, -0.2) is 9.97 Å². The fraction of sp³-hybridized carbons (Fsp3) is 0.188. The van der Waals surface area contributed by atoms with Gasteiger partial charge in [0.2, 0.25) is 0 Å². The Morgan fingerprint density at radius 3 is 2.62 bits per heavy atom. The molecule has 0 unspecified atom stereocenters. The van der Waals surface area contributed by atoms with Crippen molar-refractivity contribution in [1.82, 2.24) is 15.0 Å². The van der Waals surface area contributed by atoms with Crippen molar-refractivity contribution in [2.45, 2.75) is 13.3 Å². The van der Waals surface area contributed by atoms with Crippen molar-refractivity contribution in [3.8, 4) is 17.0 Å². The predicted octanol–water partition coefficient (Wildman–Crippen LogP) is 3.06. The van der Waals surface area contributed by atoms with Crippen LogP contribution in [0.25, 0.3) is 22.3 Å². The first kappa shape index (κ1) is 13.3. The van der Waals surface area contributed by atoms with Gasteiger partial charge in [0.05, 0.1) is 23.8 Å². The molecule has 3 rings (SSSR count). The zero-order chi connectivity index (χ0) is 14.7. The molecule has 2 heterocycles. The molecule has 5 nitrogen and oxygen atoms in total.